The standard InChI is InChI=1S/C15H19N7O2/c23-15-16-3-4-21(15)11-5-17-22(8-11)12-6-20(7-12)9-13-18-14(24-19-13)10-1-2-10/h5,8,10,12H,1-4,6-7,9H2,(H,16,23). The fourth-order valence-electron chi connectivity index (χ4n) is 3.25. The number of amides is 2. The normalized spacial score (nSPS) is 22.0. The topological polar surface area (TPSA) is 92.3 Å². The van der Waals surface area contributed by atoms with Gasteiger partial charge in [0, 0.05) is 38.3 Å². The molecule has 126 valence electrons. The van der Waals surface area contributed by atoms with Crippen LogP contribution in [0.25, 0.3) is 0 Å². The summed E-state index contributed by atoms with van der Waals surface area (Å²) in [6.45, 7) is 3.91. The Kier molecular flexibility index (Phi) is 3.09. The van der Waals surface area contributed by atoms with Gasteiger partial charge >= 0.3 is 6.03 Å². The van der Waals surface area contributed by atoms with E-state index < -0.39 is 0 Å². The quantitative estimate of drug-likeness (QED) is 0.869. The average Bonchev–Trinajstić information content (AvgIpc) is 2.95. The fraction of sp³-hybridized carbons (Fsp3) is 0.600. The van der Waals surface area contributed by atoms with Crippen LogP contribution in [0.2, 0.25) is 0 Å². The number of hydrogen-bond donors (Lipinski definition) is 1. The van der Waals surface area contributed by atoms with Crippen LogP contribution in [0.5, 0.6) is 0 Å². The summed E-state index contributed by atoms with van der Waals surface area (Å²) in [7, 11) is 0. The van der Waals surface area contributed by atoms with E-state index in [1.54, 1.807) is 11.1 Å². The van der Waals surface area contributed by atoms with Crippen molar-refractivity contribution in [2.75, 3.05) is 31.1 Å². The summed E-state index contributed by atoms with van der Waals surface area (Å²) in [5, 5.41) is 11.3. The van der Waals surface area contributed by atoms with E-state index in [9.17, 15) is 4.79 Å². The minimum atomic E-state index is -0.0478. The Balaban J connectivity index is 1.17. The van der Waals surface area contributed by atoms with Gasteiger partial charge < -0.3 is 9.84 Å². The molecule has 2 aliphatic heterocycles. The maximum Gasteiger partial charge on any atom is 0.322 e. The number of rotatable bonds is 5. The third-order valence-electron chi connectivity index (χ3n) is 4.84. The van der Waals surface area contributed by atoms with Crippen molar-refractivity contribution in [1.29, 1.82) is 0 Å². The fourth-order valence-corrected chi connectivity index (χ4v) is 3.25. The summed E-state index contributed by atoms with van der Waals surface area (Å²) in [4.78, 5) is 20.2. The Morgan fingerprint density at radius 3 is 2.96 bits per heavy atom. The van der Waals surface area contributed by atoms with Crippen molar-refractivity contribution in [2.24, 2.45) is 0 Å². The van der Waals surface area contributed by atoms with Gasteiger partial charge in [-0.15, -0.1) is 0 Å². The Bertz CT molecular complexity index is 759. The van der Waals surface area contributed by atoms with Gasteiger partial charge in [-0.1, -0.05) is 5.16 Å². The second-order valence-electron chi connectivity index (χ2n) is 6.73. The lowest BCUT2D eigenvalue weighted by Gasteiger charge is -2.38. The largest absolute Gasteiger partial charge is 0.339 e. The molecule has 3 aliphatic rings. The summed E-state index contributed by atoms with van der Waals surface area (Å²) in [5.41, 5.74) is 0.857. The first kappa shape index (κ1) is 14.0. The van der Waals surface area contributed by atoms with E-state index in [-0.39, 0.29) is 6.03 Å². The van der Waals surface area contributed by atoms with Crippen molar-refractivity contribution < 1.29 is 9.32 Å². The van der Waals surface area contributed by atoms with E-state index in [1.165, 1.54) is 12.8 Å². The van der Waals surface area contributed by atoms with Gasteiger partial charge in [0.25, 0.3) is 0 Å². The first-order chi connectivity index (χ1) is 11.8. The molecule has 0 spiro atoms. The smallest absolute Gasteiger partial charge is 0.322 e. The van der Waals surface area contributed by atoms with Crippen LogP contribution in [0.15, 0.2) is 16.9 Å². The van der Waals surface area contributed by atoms with Gasteiger partial charge in [-0.05, 0) is 12.8 Å². The Morgan fingerprint density at radius 1 is 1.33 bits per heavy atom. The molecule has 2 aromatic rings. The molecule has 0 radical (unpaired) electrons. The number of carbonyl (C=O) groups excluding carboxylic acids is 1. The molecule has 0 bridgehead atoms. The number of nitrogens with one attached hydrogen (secondary N) is 1. The molecule has 9 heteroatoms. The molecule has 5 rings (SSSR count). The highest BCUT2D eigenvalue weighted by atomic mass is 16.5. The lowest BCUT2D eigenvalue weighted by Crippen LogP contribution is -2.47. The highest BCUT2D eigenvalue weighted by Gasteiger charge is 2.33. The van der Waals surface area contributed by atoms with Crippen LogP contribution in [-0.2, 0) is 6.54 Å². The van der Waals surface area contributed by atoms with Gasteiger partial charge in [0.15, 0.2) is 5.82 Å². The third-order valence-corrected chi connectivity index (χ3v) is 4.84. The Labute approximate surface area is 138 Å². The highest BCUT2D eigenvalue weighted by molar-refractivity contribution is 5.93. The number of likely N-dealkylation sites (tertiary alicyclic amines) is 1. The van der Waals surface area contributed by atoms with E-state index >= 15 is 0 Å². The molecule has 1 aliphatic carbocycles. The van der Waals surface area contributed by atoms with Gasteiger partial charge in [-0.3, -0.25) is 14.5 Å². The van der Waals surface area contributed by atoms with E-state index in [0.717, 1.165) is 37.0 Å². The average molecular weight is 329 g/mol. The molecule has 2 amide bonds. The first-order valence-corrected chi connectivity index (χ1v) is 8.40. The molecule has 0 unspecified atom stereocenters. The minimum absolute atomic E-state index is 0.0478. The number of carbonyl (C=O) groups is 1. The summed E-state index contributed by atoms with van der Waals surface area (Å²) >= 11 is 0. The van der Waals surface area contributed by atoms with Crippen molar-refractivity contribution >= 4 is 11.7 Å². The van der Waals surface area contributed by atoms with Crippen LogP contribution in [0, 0.1) is 0 Å². The molecule has 4 heterocycles. The Hall–Kier alpha value is -2.42. The summed E-state index contributed by atoms with van der Waals surface area (Å²) in [6, 6.07) is 0.285. The van der Waals surface area contributed by atoms with Gasteiger partial charge in [-0.25, -0.2) is 4.79 Å². The van der Waals surface area contributed by atoms with E-state index in [4.69, 9.17) is 4.52 Å². The van der Waals surface area contributed by atoms with Crippen molar-refractivity contribution in [3.63, 3.8) is 0 Å². The number of aromatic nitrogens is 4. The van der Waals surface area contributed by atoms with Crippen molar-refractivity contribution in [1.82, 2.24) is 30.1 Å². The highest BCUT2D eigenvalue weighted by Crippen LogP contribution is 2.39. The van der Waals surface area contributed by atoms with Crippen LogP contribution in [0.1, 0.15) is 36.5 Å². The van der Waals surface area contributed by atoms with E-state index in [1.807, 2.05) is 10.9 Å². The van der Waals surface area contributed by atoms with Gasteiger partial charge in [-0.2, -0.15) is 10.1 Å². The van der Waals surface area contributed by atoms with E-state index in [0.29, 0.717) is 25.0 Å². The number of anilines is 1. The summed E-state index contributed by atoms with van der Waals surface area (Å²) < 4.78 is 7.24. The molecule has 1 saturated carbocycles. The number of nitrogens with zero attached hydrogens (tertiary/aromatic N) is 6. The van der Waals surface area contributed by atoms with Crippen molar-refractivity contribution in [3.05, 3.63) is 24.1 Å². The second kappa shape index (κ2) is 5.30. The molecule has 24 heavy (non-hydrogen) atoms. The van der Waals surface area contributed by atoms with Gasteiger partial charge in [0.05, 0.1) is 24.5 Å². The predicted molar refractivity (Wildman–Crippen MR) is 83.6 cm³/mol. The third kappa shape index (κ3) is 2.44. The summed E-state index contributed by atoms with van der Waals surface area (Å²) in [6.07, 6.45) is 6.05. The number of urea groups is 1. The molecule has 1 N–H and O–H groups in total. The predicted octanol–water partition coefficient (Wildman–Crippen LogP) is 0.730. The molecule has 0 aromatic carbocycles. The minimum Gasteiger partial charge on any atom is -0.339 e. The molecule has 0 atom stereocenters. The lowest BCUT2D eigenvalue weighted by molar-refractivity contribution is 0.0872. The van der Waals surface area contributed by atoms with E-state index in [2.05, 4.69) is 25.5 Å². The van der Waals surface area contributed by atoms with Crippen LogP contribution in [0.3, 0.4) is 0 Å². The van der Waals surface area contributed by atoms with Gasteiger partial charge in [0.2, 0.25) is 5.89 Å². The van der Waals surface area contributed by atoms with Crippen LogP contribution < -0.4 is 10.2 Å². The zero-order chi connectivity index (χ0) is 16.1. The maximum absolute atomic E-state index is 11.7. The Morgan fingerprint density at radius 2 is 2.21 bits per heavy atom. The maximum atomic E-state index is 11.7. The molecule has 2 saturated heterocycles. The molecule has 3 fully saturated rings. The van der Waals surface area contributed by atoms with Crippen LogP contribution in [0.4, 0.5) is 10.5 Å². The van der Waals surface area contributed by atoms with Crippen LogP contribution >= 0.6 is 0 Å². The van der Waals surface area contributed by atoms with Crippen LogP contribution in [-0.4, -0.2) is 57.0 Å². The van der Waals surface area contributed by atoms with Crippen molar-refractivity contribution in [2.45, 2.75) is 31.3 Å². The molecule has 2 aromatic heterocycles. The summed E-state index contributed by atoms with van der Waals surface area (Å²) in [5.74, 6) is 2.06. The number of hydrogen-bond acceptors (Lipinski definition) is 6. The zero-order valence-corrected chi connectivity index (χ0v) is 13.3. The monoisotopic (exact) mass is 329 g/mol. The lowest BCUT2D eigenvalue weighted by atomic mass is 10.1. The second-order valence-corrected chi connectivity index (χ2v) is 6.73. The molecule has 9 nitrogen and oxygen atoms in total. The SMILES string of the molecule is O=C1NCCN1c1cnn(C2CN(Cc3noc(C4CC4)n3)C2)c1. The molecular formula is C15H19N7O2. The molecular weight excluding hydrogens is 310 g/mol. The zero-order valence-electron chi connectivity index (χ0n) is 13.3. The first-order valence-electron chi connectivity index (χ1n) is 8.40. The van der Waals surface area contributed by atoms with Gasteiger partial charge in [0.1, 0.15) is 0 Å². The van der Waals surface area contributed by atoms with Crippen molar-refractivity contribution in [3.8, 4) is 0 Å².